The highest BCUT2D eigenvalue weighted by Crippen LogP contribution is 2.13. The van der Waals surface area contributed by atoms with Crippen molar-refractivity contribution in [2.75, 3.05) is 11.9 Å². The third-order valence-electron chi connectivity index (χ3n) is 2.13. The largest absolute Gasteiger partial charge is 0.409 e. The van der Waals surface area contributed by atoms with Crippen LogP contribution in [0.15, 0.2) is 29.4 Å². The predicted molar refractivity (Wildman–Crippen MR) is 58.0 cm³/mol. The van der Waals surface area contributed by atoms with Crippen molar-refractivity contribution in [3.8, 4) is 0 Å². The zero-order valence-electron chi connectivity index (χ0n) is 8.64. The zero-order chi connectivity index (χ0) is 11.4. The van der Waals surface area contributed by atoms with Crippen LogP contribution >= 0.6 is 0 Å². The Bertz CT molecular complexity index is 384. The number of hydrogen-bond donors (Lipinski definition) is 2. The van der Waals surface area contributed by atoms with Crippen LogP contribution in [0.4, 0.5) is 5.69 Å². The third kappa shape index (κ3) is 2.46. The monoisotopic (exact) mass is 207 g/mol. The van der Waals surface area contributed by atoms with Gasteiger partial charge in [-0.05, 0) is 24.3 Å². The molecule has 0 aliphatic heterocycles. The highest BCUT2D eigenvalue weighted by Gasteiger charge is 2.05. The fourth-order valence-corrected chi connectivity index (χ4v) is 1.10. The lowest BCUT2D eigenvalue weighted by Crippen LogP contribution is -2.22. The van der Waals surface area contributed by atoms with Crippen molar-refractivity contribution < 1.29 is 10.0 Å². The molecule has 1 aromatic carbocycles. The van der Waals surface area contributed by atoms with Crippen molar-refractivity contribution in [3.05, 3.63) is 29.8 Å². The van der Waals surface area contributed by atoms with Crippen molar-refractivity contribution in [2.45, 2.75) is 6.92 Å². The molecule has 0 heterocycles. The maximum atomic E-state index is 11.1. The molecule has 0 spiro atoms. The lowest BCUT2D eigenvalue weighted by atomic mass is 10.2. The molecular weight excluding hydrogens is 194 g/mol. The molecule has 0 aromatic heterocycles. The predicted octanol–water partition coefficient (Wildman–Crippen LogP) is 0.764. The van der Waals surface area contributed by atoms with Gasteiger partial charge in [0, 0.05) is 25.2 Å². The van der Waals surface area contributed by atoms with Crippen molar-refractivity contribution in [2.24, 2.45) is 10.9 Å². The Morgan fingerprint density at radius 3 is 2.33 bits per heavy atom. The number of oxime groups is 1. The van der Waals surface area contributed by atoms with Crippen LogP contribution in [0.1, 0.15) is 12.5 Å². The Balaban J connectivity index is 2.95. The normalized spacial score (nSPS) is 11.2. The fourth-order valence-electron chi connectivity index (χ4n) is 1.10. The van der Waals surface area contributed by atoms with Crippen LogP contribution in [-0.2, 0) is 4.79 Å². The first-order valence-corrected chi connectivity index (χ1v) is 4.38. The molecule has 0 fully saturated rings. The van der Waals surface area contributed by atoms with Gasteiger partial charge < -0.3 is 15.8 Å². The molecule has 0 saturated heterocycles. The maximum Gasteiger partial charge on any atom is 0.223 e. The lowest BCUT2D eigenvalue weighted by molar-refractivity contribution is -0.116. The number of amidine groups is 1. The molecule has 1 aromatic rings. The van der Waals surface area contributed by atoms with Crippen molar-refractivity contribution in [1.82, 2.24) is 0 Å². The van der Waals surface area contributed by atoms with E-state index in [1.165, 1.54) is 11.8 Å². The summed E-state index contributed by atoms with van der Waals surface area (Å²) in [5.74, 6) is -0.00132. The van der Waals surface area contributed by atoms with Crippen molar-refractivity contribution >= 4 is 17.4 Å². The van der Waals surface area contributed by atoms with Gasteiger partial charge in [0.2, 0.25) is 5.91 Å². The molecular formula is C10H13N3O2. The number of amides is 1. The van der Waals surface area contributed by atoms with Crippen LogP contribution in [0.25, 0.3) is 0 Å². The van der Waals surface area contributed by atoms with Crippen LogP contribution in [0, 0.1) is 0 Å². The summed E-state index contributed by atoms with van der Waals surface area (Å²) >= 11 is 0. The van der Waals surface area contributed by atoms with Gasteiger partial charge >= 0.3 is 0 Å². The van der Waals surface area contributed by atoms with Crippen molar-refractivity contribution in [3.63, 3.8) is 0 Å². The van der Waals surface area contributed by atoms with E-state index in [0.29, 0.717) is 5.56 Å². The average molecular weight is 207 g/mol. The average Bonchev–Trinajstić information content (AvgIpc) is 2.27. The van der Waals surface area contributed by atoms with E-state index < -0.39 is 0 Å². The van der Waals surface area contributed by atoms with Gasteiger partial charge in [0.25, 0.3) is 0 Å². The van der Waals surface area contributed by atoms with Gasteiger partial charge in [-0.2, -0.15) is 0 Å². The minimum atomic E-state index is -0.0495. The molecule has 0 atom stereocenters. The highest BCUT2D eigenvalue weighted by atomic mass is 16.4. The Hall–Kier alpha value is -2.04. The van der Waals surface area contributed by atoms with E-state index in [1.54, 1.807) is 31.3 Å². The van der Waals surface area contributed by atoms with Crippen molar-refractivity contribution in [1.29, 1.82) is 0 Å². The van der Waals surface area contributed by atoms with Gasteiger partial charge in [0.15, 0.2) is 5.84 Å². The molecule has 5 nitrogen and oxygen atoms in total. The molecule has 0 bridgehead atoms. The van der Waals surface area contributed by atoms with Crippen LogP contribution < -0.4 is 10.6 Å². The van der Waals surface area contributed by atoms with E-state index in [2.05, 4.69) is 5.16 Å². The SMILES string of the molecule is CC(=O)N(C)c1ccc(C(N)=NO)cc1. The van der Waals surface area contributed by atoms with Crippen LogP contribution in [-0.4, -0.2) is 24.0 Å². The van der Waals surface area contributed by atoms with Crippen LogP contribution in [0.2, 0.25) is 0 Å². The first-order valence-electron chi connectivity index (χ1n) is 4.38. The molecule has 3 N–H and O–H groups in total. The second kappa shape index (κ2) is 4.45. The molecule has 80 valence electrons. The first-order chi connectivity index (χ1) is 7.06. The van der Waals surface area contributed by atoms with Crippen LogP contribution in [0.5, 0.6) is 0 Å². The number of nitrogens with two attached hydrogens (primary N) is 1. The quantitative estimate of drug-likeness (QED) is 0.325. The summed E-state index contributed by atoms with van der Waals surface area (Å²) in [6.07, 6.45) is 0. The summed E-state index contributed by atoms with van der Waals surface area (Å²) in [6.45, 7) is 1.48. The Morgan fingerprint density at radius 1 is 1.40 bits per heavy atom. The number of nitrogens with zero attached hydrogens (tertiary/aromatic N) is 2. The van der Waals surface area contributed by atoms with Gasteiger partial charge in [-0.1, -0.05) is 5.16 Å². The maximum absolute atomic E-state index is 11.1. The Labute approximate surface area is 87.8 Å². The highest BCUT2D eigenvalue weighted by molar-refractivity contribution is 5.98. The number of hydrogen-bond acceptors (Lipinski definition) is 3. The fraction of sp³-hybridized carbons (Fsp3) is 0.200. The smallest absolute Gasteiger partial charge is 0.223 e. The summed E-state index contributed by atoms with van der Waals surface area (Å²) in [5.41, 5.74) is 6.77. The third-order valence-corrected chi connectivity index (χ3v) is 2.13. The summed E-state index contributed by atoms with van der Waals surface area (Å²) < 4.78 is 0. The van der Waals surface area contributed by atoms with E-state index in [-0.39, 0.29) is 11.7 Å². The summed E-state index contributed by atoms with van der Waals surface area (Å²) in [5, 5.41) is 11.3. The Morgan fingerprint density at radius 2 is 1.93 bits per heavy atom. The van der Waals surface area contributed by atoms with Gasteiger partial charge in [0.05, 0.1) is 0 Å². The molecule has 5 heteroatoms. The van der Waals surface area contributed by atoms with Crippen LogP contribution in [0.3, 0.4) is 0 Å². The second-order valence-electron chi connectivity index (χ2n) is 3.11. The second-order valence-corrected chi connectivity index (χ2v) is 3.11. The molecule has 0 aliphatic rings. The number of anilines is 1. The molecule has 0 aliphatic carbocycles. The van der Waals surface area contributed by atoms with Gasteiger partial charge in [0.1, 0.15) is 0 Å². The van der Waals surface area contributed by atoms with Gasteiger partial charge in [-0.15, -0.1) is 0 Å². The zero-order valence-corrected chi connectivity index (χ0v) is 8.64. The lowest BCUT2D eigenvalue weighted by Gasteiger charge is -2.14. The molecule has 1 amide bonds. The minimum Gasteiger partial charge on any atom is -0.409 e. The van der Waals surface area contributed by atoms with E-state index in [0.717, 1.165) is 5.69 Å². The summed E-state index contributed by atoms with van der Waals surface area (Å²) in [6, 6.07) is 6.83. The van der Waals surface area contributed by atoms with E-state index in [1.807, 2.05) is 0 Å². The number of carbonyl (C=O) groups excluding carboxylic acids is 1. The van der Waals surface area contributed by atoms with Gasteiger partial charge in [-0.25, -0.2) is 0 Å². The molecule has 15 heavy (non-hydrogen) atoms. The molecule has 1 rings (SSSR count). The summed E-state index contributed by atoms with van der Waals surface area (Å²) in [7, 11) is 1.68. The van der Waals surface area contributed by atoms with Gasteiger partial charge in [-0.3, -0.25) is 4.79 Å². The minimum absolute atomic E-state index is 0.0482. The topological polar surface area (TPSA) is 78.9 Å². The molecule has 0 unspecified atom stereocenters. The van der Waals surface area contributed by atoms with E-state index >= 15 is 0 Å². The number of carbonyl (C=O) groups is 1. The first kappa shape index (κ1) is 11.0. The van der Waals surface area contributed by atoms with E-state index in [4.69, 9.17) is 10.9 Å². The summed E-state index contributed by atoms with van der Waals surface area (Å²) in [4.78, 5) is 12.6. The molecule has 0 saturated carbocycles. The van der Waals surface area contributed by atoms with E-state index in [9.17, 15) is 4.79 Å². The molecule has 0 radical (unpaired) electrons. The standard InChI is InChI=1S/C10H13N3O2/c1-7(14)13(2)9-5-3-8(4-6-9)10(11)12-15/h3-6,15H,1-2H3,(H2,11,12). The number of rotatable bonds is 2. The number of benzene rings is 1. The Kier molecular flexibility index (Phi) is 3.28.